The Bertz CT molecular complexity index is 393. The number of methoxy groups -OCH3 is 1. The van der Waals surface area contributed by atoms with Crippen LogP contribution in [-0.2, 0) is 4.74 Å². The maximum Gasteiger partial charge on any atom is 0.0710 e. The van der Waals surface area contributed by atoms with Gasteiger partial charge in [-0.25, -0.2) is 0 Å². The molecular weight excluding hydrogens is 248 g/mol. The van der Waals surface area contributed by atoms with Crippen LogP contribution in [0.5, 0.6) is 0 Å². The summed E-state index contributed by atoms with van der Waals surface area (Å²) in [6, 6.07) is 11.6. The number of likely N-dealkylation sites (N-methyl/N-ethyl adjacent to an activating group) is 1. The summed E-state index contributed by atoms with van der Waals surface area (Å²) < 4.78 is 5.53. The highest BCUT2D eigenvalue weighted by Crippen LogP contribution is 2.29. The van der Waals surface area contributed by atoms with Crippen molar-refractivity contribution in [3.63, 3.8) is 0 Å². The number of rotatable bonds is 6. The molecule has 2 rings (SSSR count). The van der Waals surface area contributed by atoms with Gasteiger partial charge in [-0.15, -0.1) is 0 Å². The first-order chi connectivity index (χ1) is 9.67. The Balaban J connectivity index is 2.19. The van der Waals surface area contributed by atoms with E-state index in [1.807, 2.05) is 7.11 Å². The molecule has 1 saturated heterocycles. The molecule has 3 unspecified atom stereocenters. The largest absolute Gasteiger partial charge is 0.380 e. The lowest BCUT2D eigenvalue weighted by molar-refractivity contribution is 0.0855. The lowest BCUT2D eigenvalue weighted by Gasteiger charge is -2.37. The van der Waals surface area contributed by atoms with Crippen LogP contribution >= 0.6 is 0 Å². The van der Waals surface area contributed by atoms with Crippen LogP contribution in [0.4, 0.5) is 0 Å². The van der Waals surface area contributed by atoms with E-state index in [4.69, 9.17) is 4.74 Å². The molecule has 1 aliphatic rings. The standard InChI is InChI=1S/C17H28N2O/c1-13(2)17(19-11-10-15(12-19)20-4)16(18-3)14-8-6-5-7-9-14/h5-9,13,15-18H,10-12H2,1-4H3. The van der Waals surface area contributed by atoms with Crippen LogP contribution in [0.1, 0.15) is 31.9 Å². The van der Waals surface area contributed by atoms with Crippen molar-refractivity contribution < 1.29 is 4.74 Å². The zero-order valence-corrected chi connectivity index (χ0v) is 13.2. The number of nitrogens with zero attached hydrogens (tertiary/aromatic N) is 1. The molecule has 1 aliphatic heterocycles. The Morgan fingerprint density at radius 2 is 1.95 bits per heavy atom. The van der Waals surface area contributed by atoms with Gasteiger partial charge in [0.1, 0.15) is 0 Å². The van der Waals surface area contributed by atoms with Crippen LogP contribution in [0, 0.1) is 5.92 Å². The van der Waals surface area contributed by atoms with Gasteiger partial charge in [0, 0.05) is 32.3 Å². The summed E-state index contributed by atoms with van der Waals surface area (Å²) in [5, 5.41) is 3.53. The molecule has 3 heteroatoms. The fraction of sp³-hybridized carbons (Fsp3) is 0.647. The Morgan fingerprint density at radius 1 is 1.25 bits per heavy atom. The highest BCUT2D eigenvalue weighted by atomic mass is 16.5. The molecule has 0 radical (unpaired) electrons. The first-order valence-corrected chi connectivity index (χ1v) is 7.66. The number of benzene rings is 1. The van der Waals surface area contributed by atoms with Gasteiger partial charge in [-0.05, 0) is 24.9 Å². The van der Waals surface area contributed by atoms with E-state index in [1.165, 1.54) is 5.56 Å². The summed E-state index contributed by atoms with van der Waals surface area (Å²) >= 11 is 0. The van der Waals surface area contributed by atoms with E-state index in [0.717, 1.165) is 19.5 Å². The molecule has 3 nitrogen and oxygen atoms in total. The second kappa shape index (κ2) is 7.21. The fourth-order valence-corrected chi connectivity index (χ4v) is 3.43. The number of likely N-dealkylation sites (tertiary alicyclic amines) is 1. The maximum absolute atomic E-state index is 5.53. The van der Waals surface area contributed by atoms with E-state index in [9.17, 15) is 0 Å². The Labute approximate surface area is 123 Å². The summed E-state index contributed by atoms with van der Waals surface area (Å²) in [5.74, 6) is 0.600. The molecule has 0 aliphatic carbocycles. The predicted molar refractivity (Wildman–Crippen MR) is 83.9 cm³/mol. The molecule has 1 fully saturated rings. The van der Waals surface area contributed by atoms with Gasteiger partial charge in [0.05, 0.1) is 6.10 Å². The minimum absolute atomic E-state index is 0.367. The van der Waals surface area contributed by atoms with Crippen LogP contribution in [0.25, 0.3) is 0 Å². The highest BCUT2D eigenvalue weighted by molar-refractivity contribution is 5.21. The van der Waals surface area contributed by atoms with Crippen LogP contribution in [0.2, 0.25) is 0 Å². The SMILES string of the molecule is CNC(c1ccccc1)C(C(C)C)N1CCC(OC)C1. The van der Waals surface area contributed by atoms with Gasteiger partial charge in [-0.2, -0.15) is 0 Å². The van der Waals surface area contributed by atoms with Crippen molar-refractivity contribution in [2.75, 3.05) is 27.2 Å². The summed E-state index contributed by atoms with van der Waals surface area (Å²) in [4.78, 5) is 2.59. The monoisotopic (exact) mass is 276 g/mol. The summed E-state index contributed by atoms with van der Waals surface area (Å²) in [5.41, 5.74) is 1.37. The van der Waals surface area contributed by atoms with E-state index in [0.29, 0.717) is 24.1 Å². The molecule has 0 spiro atoms. The molecule has 1 heterocycles. The quantitative estimate of drug-likeness (QED) is 0.864. The number of nitrogens with one attached hydrogen (secondary N) is 1. The van der Waals surface area contributed by atoms with E-state index in [2.05, 4.69) is 61.4 Å². The van der Waals surface area contributed by atoms with Crippen LogP contribution in [0.3, 0.4) is 0 Å². The average Bonchev–Trinajstić information content (AvgIpc) is 2.93. The van der Waals surface area contributed by atoms with Gasteiger partial charge in [-0.1, -0.05) is 44.2 Å². The first-order valence-electron chi connectivity index (χ1n) is 7.66. The lowest BCUT2D eigenvalue weighted by Crippen LogP contribution is -2.46. The van der Waals surface area contributed by atoms with Gasteiger partial charge in [0.25, 0.3) is 0 Å². The van der Waals surface area contributed by atoms with Crippen LogP contribution in [0.15, 0.2) is 30.3 Å². The number of ether oxygens (including phenoxy) is 1. The normalized spacial score (nSPS) is 23.1. The summed E-state index contributed by atoms with van der Waals surface area (Å²) in [7, 11) is 3.89. The number of hydrogen-bond acceptors (Lipinski definition) is 3. The zero-order valence-electron chi connectivity index (χ0n) is 13.2. The van der Waals surface area contributed by atoms with Gasteiger partial charge >= 0.3 is 0 Å². The van der Waals surface area contributed by atoms with Crippen molar-refractivity contribution in [3.8, 4) is 0 Å². The maximum atomic E-state index is 5.53. The van der Waals surface area contributed by atoms with Gasteiger partial charge in [-0.3, -0.25) is 4.90 Å². The van der Waals surface area contributed by atoms with Crippen molar-refractivity contribution in [2.45, 2.75) is 38.5 Å². The van der Waals surface area contributed by atoms with Crippen molar-refractivity contribution in [1.29, 1.82) is 0 Å². The van der Waals surface area contributed by atoms with Crippen molar-refractivity contribution in [3.05, 3.63) is 35.9 Å². The topological polar surface area (TPSA) is 24.5 Å². The van der Waals surface area contributed by atoms with Gasteiger partial charge in [0.15, 0.2) is 0 Å². The second-order valence-corrected chi connectivity index (χ2v) is 6.05. The van der Waals surface area contributed by atoms with E-state index < -0.39 is 0 Å². The minimum atomic E-state index is 0.367. The molecule has 1 aromatic rings. The summed E-state index contributed by atoms with van der Waals surface area (Å²) in [6.45, 7) is 6.81. The summed E-state index contributed by atoms with van der Waals surface area (Å²) in [6.07, 6.45) is 1.54. The molecular formula is C17H28N2O. The zero-order chi connectivity index (χ0) is 14.5. The molecule has 0 amide bonds. The van der Waals surface area contributed by atoms with Crippen molar-refractivity contribution in [1.82, 2.24) is 10.2 Å². The van der Waals surface area contributed by atoms with Crippen molar-refractivity contribution >= 4 is 0 Å². The third-order valence-corrected chi connectivity index (χ3v) is 4.43. The van der Waals surface area contributed by atoms with E-state index in [-0.39, 0.29) is 0 Å². The molecule has 1 aromatic carbocycles. The Kier molecular flexibility index (Phi) is 5.58. The first kappa shape index (κ1) is 15.5. The molecule has 0 bridgehead atoms. The lowest BCUT2D eigenvalue weighted by atomic mass is 9.90. The van der Waals surface area contributed by atoms with E-state index >= 15 is 0 Å². The minimum Gasteiger partial charge on any atom is -0.380 e. The fourth-order valence-electron chi connectivity index (χ4n) is 3.43. The molecule has 0 aromatic heterocycles. The average molecular weight is 276 g/mol. The number of hydrogen-bond donors (Lipinski definition) is 1. The Morgan fingerprint density at radius 3 is 2.45 bits per heavy atom. The molecule has 3 atom stereocenters. The molecule has 112 valence electrons. The predicted octanol–water partition coefficient (Wildman–Crippen LogP) is 2.69. The van der Waals surface area contributed by atoms with E-state index in [1.54, 1.807) is 0 Å². The molecule has 0 saturated carbocycles. The van der Waals surface area contributed by atoms with Gasteiger partial charge < -0.3 is 10.1 Å². The van der Waals surface area contributed by atoms with Gasteiger partial charge in [0.2, 0.25) is 0 Å². The van der Waals surface area contributed by atoms with Crippen molar-refractivity contribution in [2.24, 2.45) is 5.92 Å². The Hall–Kier alpha value is -0.900. The molecule has 1 N–H and O–H groups in total. The van der Waals surface area contributed by atoms with Crippen LogP contribution in [-0.4, -0.2) is 44.3 Å². The third-order valence-electron chi connectivity index (χ3n) is 4.43. The third kappa shape index (κ3) is 3.40. The molecule has 20 heavy (non-hydrogen) atoms. The smallest absolute Gasteiger partial charge is 0.0710 e. The highest BCUT2D eigenvalue weighted by Gasteiger charge is 2.34. The second-order valence-electron chi connectivity index (χ2n) is 6.05. The van der Waals surface area contributed by atoms with Crippen LogP contribution < -0.4 is 5.32 Å².